The monoisotopic (exact) mass is 252 g/mol. The normalized spacial score (nSPS) is 33.8. The number of hydrogen-bond acceptors (Lipinski definition) is 4. The fourth-order valence-corrected chi connectivity index (χ4v) is 3.84. The van der Waals surface area contributed by atoms with Crippen molar-refractivity contribution in [3.05, 3.63) is 16.6 Å². The number of hydrogen-bond donors (Lipinski definition) is 1. The summed E-state index contributed by atoms with van der Waals surface area (Å²) in [6, 6.07) is 0.689. The van der Waals surface area contributed by atoms with Gasteiger partial charge in [-0.1, -0.05) is 12.8 Å². The second-order valence-corrected chi connectivity index (χ2v) is 6.09. The van der Waals surface area contributed by atoms with Gasteiger partial charge in [0.1, 0.15) is 5.01 Å². The van der Waals surface area contributed by atoms with Gasteiger partial charge in [0, 0.05) is 24.7 Å². The number of ether oxygens (including phenoxy) is 1. The van der Waals surface area contributed by atoms with Crippen molar-refractivity contribution in [1.29, 1.82) is 0 Å². The van der Waals surface area contributed by atoms with E-state index in [0.29, 0.717) is 6.04 Å². The van der Waals surface area contributed by atoms with E-state index in [1.54, 1.807) is 11.3 Å². The number of nitrogens with zero attached hydrogens (tertiary/aromatic N) is 1. The molecule has 2 unspecified atom stereocenters. The van der Waals surface area contributed by atoms with Gasteiger partial charge in [0.15, 0.2) is 0 Å². The molecule has 1 N–H and O–H groups in total. The number of rotatable bonds is 4. The number of methoxy groups -OCH3 is 1. The molecule has 0 amide bonds. The second kappa shape index (κ2) is 4.67. The molecular formula is C13H20N2OS. The molecule has 0 aromatic carbocycles. The van der Waals surface area contributed by atoms with E-state index in [0.717, 1.165) is 12.8 Å². The summed E-state index contributed by atoms with van der Waals surface area (Å²) < 4.78 is 5.76. The maximum atomic E-state index is 5.76. The zero-order valence-electron chi connectivity index (χ0n) is 10.3. The summed E-state index contributed by atoms with van der Waals surface area (Å²) in [6.45, 7) is 0. The summed E-state index contributed by atoms with van der Waals surface area (Å²) in [5.74, 6) is 0. The Balaban J connectivity index is 1.92. The predicted octanol–water partition coefficient (Wildman–Crippen LogP) is 2.68. The zero-order chi connectivity index (χ0) is 11.7. The van der Waals surface area contributed by atoms with Crippen LogP contribution < -0.4 is 5.32 Å². The van der Waals surface area contributed by atoms with Gasteiger partial charge in [-0.05, 0) is 25.7 Å². The fourth-order valence-electron chi connectivity index (χ4n) is 2.97. The van der Waals surface area contributed by atoms with E-state index >= 15 is 0 Å². The summed E-state index contributed by atoms with van der Waals surface area (Å²) >= 11 is 1.76. The Bertz CT molecular complexity index is 364. The van der Waals surface area contributed by atoms with Crippen LogP contribution in [0.15, 0.2) is 11.6 Å². The van der Waals surface area contributed by atoms with Crippen LogP contribution in [-0.2, 0) is 10.3 Å². The summed E-state index contributed by atoms with van der Waals surface area (Å²) in [4.78, 5) is 4.57. The molecule has 2 aliphatic rings. The van der Waals surface area contributed by atoms with E-state index in [2.05, 4.69) is 15.7 Å². The molecule has 17 heavy (non-hydrogen) atoms. The third kappa shape index (κ3) is 2.14. The van der Waals surface area contributed by atoms with E-state index in [-0.39, 0.29) is 11.6 Å². The average Bonchev–Trinajstić information content (AvgIpc) is 2.99. The number of aromatic nitrogens is 1. The molecule has 4 heteroatoms. The lowest BCUT2D eigenvalue weighted by Crippen LogP contribution is -2.55. The van der Waals surface area contributed by atoms with Gasteiger partial charge < -0.3 is 10.1 Å². The van der Waals surface area contributed by atoms with Gasteiger partial charge in [-0.15, -0.1) is 11.3 Å². The molecule has 2 saturated carbocycles. The molecule has 1 aromatic heterocycles. The van der Waals surface area contributed by atoms with Crippen LogP contribution in [0.4, 0.5) is 0 Å². The van der Waals surface area contributed by atoms with E-state index in [9.17, 15) is 0 Å². The molecule has 2 aliphatic carbocycles. The highest BCUT2D eigenvalue weighted by Gasteiger charge is 2.47. The molecule has 0 aliphatic heterocycles. The van der Waals surface area contributed by atoms with Crippen molar-refractivity contribution in [3.8, 4) is 0 Å². The van der Waals surface area contributed by atoms with Gasteiger partial charge in [0.25, 0.3) is 0 Å². The highest BCUT2D eigenvalue weighted by Crippen LogP contribution is 2.42. The van der Waals surface area contributed by atoms with E-state index < -0.39 is 0 Å². The van der Waals surface area contributed by atoms with Crippen molar-refractivity contribution in [3.63, 3.8) is 0 Å². The van der Waals surface area contributed by atoms with E-state index in [1.807, 2.05) is 13.3 Å². The summed E-state index contributed by atoms with van der Waals surface area (Å²) in [5.41, 5.74) is -0.0116. The van der Waals surface area contributed by atoms with Crippen LogP contribution in [0.5, 0.6) is 0 Å². The molecule has 0 saturated heterocycles. The summed E-state index contributed by atoms with van der Waals surface area (Å²) in [6.07, 6.45) is 9.68. The first-order valence-electron chi connectivity index (χ1n) is 6.55. The smallest absolute Gasteiger partial charge is 0.115 e. The molecule has 0 bridgehead atoms. The van der Waals surface area contributed by atoms with Gasteiger partial charge in [-0.3, -0.25) is 0 Å². The summed E-state index contributed by atoms with van der Waals surface area (Å²) in [5, 5.41) is 7.13. The molecule has 1 aromatic rings. The van der Waals surface area contributed by atoms with Gasteiger partial charge in [-0.2, -0.15) is 0 Å². The Labute approximate surface area is 107 Å². The maximum absolute atomic E-state index is 5.76. The quantitative estimate of drug-likeness (QED) is 0.894. The minimum atomic E-state index is -0.0116. The lowest BCUT2D eigenvalue weighted by Gasteiger charge is -2.43. The first-order chi connectivity index (χ1) is 8.35. The predicted molar refractivity (Wildman–Crippen MR) is 69.2 cm³/mol. The minimum absolute atomic E-state index is 0.0116. The fraction of sp³-hybridized carbons (Fsp3) is 0.769. The lowest BCUT2D eigenvalue weighted by atomic mass is 9.79. The van der Waals surface area contributed by atoms with Crippen LogP contribution >= 0.6 is 11.3 Å². The Hall–Kier alpha value is -0.450. The zero-order valence-corrected chi connectivity index (χ0v) is 11.1. The minimum Gasteiger partial charge on any atom is -0.379 e. The third-order valence-corrected chi connectivity index (χ3v) is 4.93. The second-order valence-electron chi connectivity index (χ2n) is 5.20. The molecule has 1 heterocycles. The largest absolute Gasteiger partial charge is 0.379 e. The Morgan fingerprint density at radius 2 is 2.29 bits per heavy atom. The highest BCUT2D eigenvalue weighted by molar-refractivity contribution is 7.09. The van der Waals surface area contributed by atoms with Crippen molar-refractivity contribution >= 4 is 11.3 Å². The van der Waals surface area contributed by atoms with Gasteiger partial charge in [0.2, 0.25) is 0 Å². The van der Waals surface area contributed by atoms with Crippen molar-refractivity contribution in [2.24, 2.45) is 0 Å². The third-order valence-electron chi connectivity index (χ3n) is 3.97. The number of thiazole rings is 1. The van der Waals surface area contributed by atoms with Crippen LogP contribution in [-0.4, -0.2) is 24.2 Å². The van der Waals surface area contributed by atoms with E-state index in [4.69, 9.17) is 4.74 Å². The van der Waals surface area contributed by atoms with Crippen molar-refractivity contribution < 1.29 is 4.74 Å². The highest BCUT2D eigenvalue weighted by atomic mass is 32.1. The molecule has 0 radical (unpaired) electrons. The van der Waals surface area contributed by atoms with Crippen molar-refractivity contribution in [2.75, 3.05) is 7.11 Å². The average molecular weight is 252 g/mol. The molecule has 94 valence electrons. The van der Waals surface area contributed by atoms with Gasteiger partial charge in [0.05, 0.1) is 11.6 Å². The van der Waals surface area contributed by atoms with E-state index in [1.165, 1.54) is 30.7 Å². The summed E-state index contributed by atoms with van der Waals surface area (Å²) in [7, 11) is 1.84. The SMILES string of the molecule is COC1CCCCC1(NC1CC1)c1nccs1. The van der Waals surface area contributed by atoms with Crippen LogP contribution in [0.2, 0.25) is 0 Å². The Morgan fingerprint density at radius 1 is 1.41 bits per heavy atom. The van der Waals surface area contributed by atoms with Gasteiger partial charge >= 0.3 is 0 Å². The van der Waals surface area contributed by atoms with Crippen LogP contribution in [0, 0.1) is 0 Å². The Morgan fingerprint density at radius 3 is 2.94 bits per heavy atom. The first kappa shape index (κ1) is 11.6. The van der Waals surface area contributed by atoms with Crippen molar-refractivity contribution in [2.45, 2.75) is 56.2 Å². The standard InChI is InChI=1S/C13H20N2OS/c1-16-11-4-2-3-7-13(11,15-10-5-6-10)12-14-8-9-17-12/h8-11,15H,2-7H2,1H3. The van der Waals surface area contributed by atoms with Crippen LogP contribution in [0.3, 0.4) is 0 Å². The molecular weight excluding hydrogens is 232 g/mol. The number of nitrogens with one attached hydrogen (secondary N) is 1. The molecule has 2 fully saturated rings. The molecule has 3 rings (SSSR count). The van der Waals surface area contributed by atoms with Crippen molar-refractivity contribution in [1.82, 2.24) is 10.3 Å². The topological polar surface area (TPSA) is 34.1 Å². The lowest BCUT2D eigenvalue weighted by molar-refractivity contribution is -0.0166. The first-order valence-corrected chi connectivity index (χ1v) is 7.43. The molecule has 0 spiro atoms. The van der Waals surface area contributed by atoms with Gasteiger partial charge in [-0.25, -0.2) is 4.98 Å². The van der Waals surface area contributed by atoms with Crippen LogP contribution in [0.25, 0.3) is 0 Å². The van der Waals surface area contributed by atoms with Crippen LogP contribution in [0.1, 0.15) is 43.5 Å². The molecule has 2 atom stereocenters. The Kier molecular flexibility index (Phi) is 3.19. The maximum Gasteiger partial charge on any atom is 0.115 e. The molecule has 3 nitrogen and oxygen atoms in total.